The first-order chi connectivity index (χ1) is 6.80. The summed E-state index contributed by atoms with van der Waals surface area (Å²) in [7, 11) is 0. The van der Waals surface area contributed by atoms with Crippen LogP contribution in [0.1, 0.15) is 17.7 Å². The Morgan fingerprint density at radius 3 is 2.79 bits per heavy atom. The van der Waals surface area contributed by atoms with Crippen LogP contribution in [0.15, 0.2) is 17.5 Å². The Morgan fingerprint density at radius 1 is 1.57 bits per heavy atom. The van der Waals surface area contributed by atoms with Crippen molar-refractivity contribution >= 4 is 11.3 Å². The van der Waals surface area contributed by atoms with Crippen molar-refractivity contribution in [1.29, 1.82) is 0 Å². The lowest BCUT2D eigenvalue weighted by Gasteiger charge is -2.30. The van der Waals surface area contributed by atoms with Gasteiger partial charge in [0.2, 0.25) is 0 Å². The smallest absolute Gasteiger partial charge is 0.0505 e. The summed E-state index contributed by atoms with van der Waals surface area (Å²) in [5.41, 5.74) is 5.78. The summed E-state index contributed by atoms with van der Waals surface area (Å²) in [6, 6.07) is 4.19. The molecule has 1 aromatic rings. The molecule has 1 aliphatic rings. The Hall–Kier alpha value is -0.380. The molecule has 0 bridgehead atoms. The minimum atomic E-state index is -0.0369. The van der Waals surface area contributed by atoms with E-state index >= 15 is 0 Å². The van der Waals surface area contributed by atoms with E-state index in [9.17, 15) is 5.11 Å². The molecule has 3 N–H and O–H groups in total. The van der Waals surface area contributed by atoms with Crippen LogP contribution in [0.5, 0.6) is 0 Å². The predicted octanol–water partition coefficient (Wildman–Crippen LogP) is 1.64. The molecule has 0 aromatic carbocycles. The molecule has 1 fully saturated rings. The molecular formula is C11H17NOS. The third-order valence-corrected chi connectivity index (χ3v) is 4.15. The zero-order chi connectivity index (χ0) is 10.0. The van der Waals surface area contributed by atoms with E-state index in [4.69, 9.17) is 5.73 Å². The first-order valence-electron chi connectivity index (χ1n) is 5.14. The number of hydrogen-bond acceptors (Lipinski definition) is 3. The largest absolute Gasteiger partial charge is 0.396 e. The van der Waals surface area contributed by atoms with Crippen LogP contribution in [0.3, 0.4) is 0 Å². The number of nitrogens with two attached hydrogens (primary N) is 1. The van der Waals surface area contributed by atoms with Crippen LogP contribution in [-0.4, -0.2) is 18.3 Å². The van der Waals surface area contributed by atoms with Crippen LogP contribution < -0.4 is 5.73 Å². The van der Waals surface area contributed by atoms with Gasteiger partial charge < -0.3 is 10.8 Å². The minimum Gasteiger partial charge on any atom is -0.396 e. The van der Waals surface area contributed by atoms with Crippen molar-refractivity contribution in [2.24, 2.45) is 17.1 Å². The van der Waals surface area contributed by atoms with Crippen molar-refractivity contribution in [2.75, 3.05) is 13.2 Å². The van der Waals surface area contributed by atoms with Crippen LogP contribution >= 0.6 is 11.3 Å². The SMILES string of the molecule is NCC(CO)(Cc1cccs1)C1CC1. The van der Waals surface area contributed by atoms with E-state index in [1.54, 1.807) is 11.3 Å². The first kappa shape index (κ1) is 10.1. The molecule has 1 heterocycles. The van der Waals surface area contributed by atoms with E-state index in [1.807, 2.05) is 0 Å². The zero-order valence-electron chi connectivity index (χ0n) is 8.28. The van der Waals surface area contributed by atoms with E-state index in [0.29, 0.717) is 12.5 Å². The topological polar surface area (TPSA) is 46.2 Å². The molecule has 2 rings (SSSR count). The van der Waals surface area contributed by atoms with Gasteiger partial charge in [0.25, 0.3) is 0 Å². The number of hydrogen-bond donors (Lipinski definition) is 2. The molecule has 0 radical (unpaired) electrons. The third kappa shape index (κ3) is 1.85. The van der Waals surface area contributed by atoms with Gasteiger partial charge in [0.15, 0.2) is 0 Å². The Bertz CT molecular complexity index is 275. The van der Waals surface area contributed by atoms with Gasteiger partial charge in [0, 0.05) is 16.8 Å². The molecule has 3 heteroatoms. The molecule has 1 saturated carbocycles. The van der Waals surface area contributed by atoms with Crippen molar-refractivity contribution in [2.45, 2.75) is 19.3 Å². The summed E-state index contributed by atoms with van der Waals surface area (Å²) in [6.45, 7) is 0.831. The summed E-state index contributed by atoms with van der Waals surface area (Å²) in [5.74, 6) is 0.652. The van der Waals surface area contributed by atoms with Crippen LogP contribution in [0.4, 0.5) is 0 Å². The summed E-state index contributed by atoms with van der Waals surface area (Å²) in [5, 5.41) is 11.6. The predicted molar refractivity (Wildman–Crippen MR) is 59.3 cm³/mol. The van der Waals surface area contributed by atoms with Gasteiger partial charge in [-0.15, -0.1) is 11.3 Å². The summed E-state index contributed by atoms with van der Waals surface area (Å²) in [4.78, 5) is 1.34. The summed E-state index contributed by atoms with van der Waals surface area (Å²) >= 11 is 1.76. The summed E-state index contributed by atoms with van der Waals surface area (Å²) in [6.07, 6.45) is 3.43. The Kier molecular flexibility index (Phi) is 2.91. The maximum Gasteiger partial charge on any atom is 0.0505 e. The second-order valence-electron chi connectivity index (χ2n) is 4.26. The molecular weight excluding hydrogens is 194 g/mol. The highest BCUT2D eigenvalue weighted by atomic mass is 32.1. The van der Waals surface area contributed by atoms with Gasteiger partial charge in [0.05, 0.1) is 6.61 Å². The number of thiophene rings is 1. The molecule has 0 saturated heterocycles. The van der Waals surface area contributed by atoms with Crippen molar-refractivity contribution in [3.05, 3.63) is 22.4 Å². The van der Waals surface area contributed by atoms with E-state index < -0.39 is 0 Å². The average molecular weight is 211 g/mol. The van der Waals surface area contributed by atoms with Crippen molar-refractivity contribution in [3.63, 3.8) is 0 Å². The van der Waals surface area contributed by atoms with E-state index in [0.717, 1.165) is 6.42 Å². The summed E-state index contributed by atoms with van der Waals surface area (Å²) < 4.78 is 0. The Balaban J connectivity index is 2.10. The molecule has 78 valence electrons. The fourth-order valence-corrected chi connectivity index (χ4v) is 2.95. The fourth-order valence-electron chi connectivity index (χ4n) is 2.09. The molecule has 1 unspecified atom stereocenters. The Labute approximate surface area is 88.8 Å². The lowest BCUT2D eigenvalue weighted by Crippen LogP contribution is -2.38. The lowest BCUT2D eigenvalue weighted by atomic mass is 9.80. The number of rotatable bonds is 5. The van der Waals surface area contributed by atoms with Gasteiger partial charge in [0.1, 0.15) is 0 Å². The average Bonchev–Trinajstić information content (AvgIpc) is 2.95. The highest BCUT2D eigenvalue weighted by Gasteiger charge is 2.43. The van der Waals surface area contributed by atoms with Gasteiger partial charge in [-0.05, 0) is 36.6 Å². The molecule has 1 aromatic heterocycles. The van der Waals surface area contributed by atoms with E-state index in [2.05, 4.69) is 17.5 Å². The number of aliphatic hydroxyl groups excluding tert-OH is 1. The highest BCUT2D eigenvalue weighted by Crippen LogP contribution is 2.47. The highest BCUT2D eigenvalue weighted by molar-refractivity contribution is 7.09. The van der Waals surface area contributed by atoms with Crippen LogP contribution in [0.2, 0.25) is 0 Å². The van der Waals surface area contributed by atoms with Gasteiger partial charge in [-0.3, -0.25) is 0 Å². The standard InChI is InChI=1S/C11H17NOS/c12-7-11(8-13,9-3-4-9)6-10-2-1-5-14-10/h1-2,5,9,13H,3-4,6-8,12H2. The van der Waals surface area contributed by atoms with Crippen molar-refractivity contribution in [1.82, 2.24) is 0 Å². The van der Waals surface area contributed by atoms with Gasteiger partial charge in [-0.2, -0.15) is 0 Å². The minimum absolute atomic E-state index is 0.0369. The molecule has 1 aliphatic carbocycles. The maximum atomic E-state index is 9.51. The maximum absolute atomic E-state index is 9.51. The van der Waals surface area contributed by atoms with Crippen LogP contribution in [0.25, 0.3) is 0 Å². The van der Waals surface area contributed by atoms with E-state index in [1.165, 1.54) is 17.7 Å². The third-order valence-electron chi connectivity index (χ3n) is 3.27. The number of aliphatic hydroxyl groups is 1. The monoisotopic (exact) mass is 211 g/mol. The van der Waals surface area contributed by atoms with E-state index in [-0.39, 0.29) is 12.0 Å². The lowest BCUT2D eigenvalue weighted by molar-refractivity contribution is 0.110. The van der Waals surface area contributed by atoms with Crippen molar-refractivity contribution in [3.8, 4) is 0 Å². The van der Waals surface area contributed by atoms with Crippen LogP contribution in [-0.2, 0) is 6.42 Å². The van der Waals surface area contributed by atoms with Crippen molar-refractivity contribution < 1.29 is 5.11 Å². The Morgan fingerprint density at radius 2 is 2.36 bits per heavy atom. The molecule has 14 heavy (non-hydrogen) atoms. The molecule has 0 amide bonds. The quantitative estimate of drug-likeness (QED) is 0.777. The first-order valence-corrected chi connectivity index (χ1v) is 6.02. The second-order valence-corrected chi connectivity index (χ2v) is 5.29. The van der Waals surface area contributed by atoms with Gasteiger partial charge in [-0.1, -0.05) is 6.07 Å². The molecule has 2 nitrogen and oxygen atoms in total. The fraction of sp³-hybridized carbons (Fsp3) is 0.636. The molecule has 0 spiro atoms. The van der Waals surface area contributed by atoms with Gasteiger partial charge in [-0.25, -0.2) is 0 Å². The van der Waals surface area contributed by atoms with Gasteiger partial charge >= 0.3 is 0 Å². The molecule has 1 atom stereocenters. The molecule has 0 aliphatic heterocycles. The van der Waals surface area contributed by atoms with Crippen LogP contribution in [0, 0.1) is 11.3 Å². The second kappa shape index (κ2) is 4.01. The normalized spacial score (nSPS) is 20.7. The zero-order valence-corrected chi connectivity index (χ0v) is 9.09.